The first-order chi connectivity index (χ1) is 15.2. The summed E-state index contributed by atoms with van der Waals surface area (Å²) >= 11 is 0. The summed E-state index contributed by atoms with van der Waals surface area (Å²) in [6.07, 6.45) is 4.84. The Balaban J connectivity index is 1.46. The van der Waals surface area contributed by atoms with Crippen LogP contribution >= 0.6 is 0 Å². The Morgan fingerprint density at radius 1 is 1.22 bits per heavy atom. The van der Waals surface area contributed by atoms with Crippen LogP contribution in [0.5, 0.6) is 5.75 Å². The predicted octanol–water partition coefficient (Wildman–Crippen LogP) is 2.30. The summed E-state index contributed by atoms with van der Waals surface area (Å²) < 4.78 is 42.2. The molecular formula is C22H20F3N3O4. The van der Waals surface area contributed by atoms with Crippen LogP contribution in [0.2, 0.25) is 0 Å². The minimum absolute atomic E-state index is 0.152. The highest BCUT2D eigenvalue weighted by molar-refractivity contribution is 5.99. The van der Waals surface area contributed by atoms with Crippen LogP contribution in [-0.4, -0.2) is 38.5 Å². The van der Waals surface area contributed by atoms with Crippen molar-refractivity contribution in [2.75, 3.05) is 6.54 Å². The number of carbonyl (C=O) groups excluding carboxylic acids is 2. The molecule has 1 aliphatic carbocycles. The maximum atomic E-state index is 13.8. The van der Waals surface area contributed by atoms with Gasteiger partial charge in [0.2, 0.25) is 5.43 Å². The molecule has 2 amide bonds. The van der Waals surface area contributed by atoms with Crippen molar-refractivity contribution >= 4 is 11.8 Å². The molecule has 2 fully saturated rings. The van der Waals surface area contributed by atoms with Gasteiger partial charge in [-0.1, -0.05) is 6.42 Å². The molecule has 10 heteroatoms. The van der Waals surface area contributed by atoms with Crippen LogP contribution in [0.4, 0.5) is 13.2 Å². The lowest BCUT2D eigenvalue weighted by Crippen LogP contribution is -2.55. The van der Waals surface area contributed by atoms with E-state index in [1.54, 1.807) is 4.90 Å². The van der Waals surface area contributed by atoms with Crippen LogP contribution in [0.15, 0.2) is 23.1 Å². The minimum atomic E-state index is -1.18. The normalized spacial score (nSPS) is 23.7. The highest BCUT2D eigenvalue weighted by Crippen LogP contribution is 2.48. The fourth-order valence-electron chi connectivity index (χ4n) is 5.45. The summed E-state index contributed by atoms with van der Waals surface area (Å²) in [6, 6.07) is 0.972. The fourth-order valence-corrected chi connectivity index (χ4v) is 5.45. The predicted molar refractivity (Wildman–Crippen MR) is 106 cm³/mol. The Morgan fingerprint density at radius 3 is 2.66 bits per heavy atom. The van der Waals surface area contributed by atoms with Crippen LogP contribution in [0.25, 0.3) is 0 Å². The van der Waals surface area contributed by atoms with E-state index in [2.05, 4.69) is 5.32 Å². The van der Waals surface area contributed by atoms with Crippen LogP contribution in [0.3, 0.4) is 0 Å². The van der Waals surface area contributed by atoms with Crippen molar-refractivity contribution in [1.29, 1.82) is 0 Å². The summed E-state index contributed by atoms with van der Waals surface area (Å²) in [4.78, 5) is 40.1. The van der Waals surface area contributed by atoms with E-state index in [1.807, 2.05) is 0 Å². The lowest BCUT2D eigenvalue weighted by atomic mass is 9.79. The standard InChI is InChI=1S/C22H20F3N3O4/c23-12-4-15(24)13(16(25)5-12)7-26-20(31)14-9-27-10-22-3-1-2-11(6-22)8-28(22)21(32)17(27)19(30)18(14)29/h4-5,9,11,30H,1-3,6-8,10H2,(H,26,31)/t11-,22+/m1/s1. The van der Waals surface area contributed by atoms with Gasteiger partial charge in [-0.15, -0.1) is 0 Å². The zero-order chi connectivity index (χ0) is 22.8. The van der Waals surface area contributed by atoms with Crippen molar-refractivity contribution in [2.24, 2.45) is 5.92 Å². The average molecular weight is 447 g/mol. The Bertz CT molecular complexity index is 1200. The smallest absolute Gasteiger partial charge is 0.275 e. The molecule has 2 bridgehead atoms. The van der Waals surface area contributed by atoms with Gasteiger partial charge in [0.1, 0.15) is 23.0 Å². The van der Waals surface area contributed by atoms with Crippen molar-refractivity contribution in [2.45, 2.75) is 44.3 Å². The third kappa shape index (κ3) is 3.00. The lowest BCUT2D eigenvalue weighted by Gasteiger charge is -2.44. The summed E-state index contributed by atoms with van der Waals surface area (Å²) in [5, 5.41) is 12.7. The number of fused-ring (bicyclic) bond motifs is 2. The molecule has 7 nitrogen and oxygen atoms in total. The summed E-state index contributed by atoms with van der Waals surface area (Å²) in [5.41, 5.74) is -2.61. The molecule has 1 spiro atoms. The zero-order valence-corrected chi connectivity index (χ0v) is 17.0. The zero-order valence-electron chi connectivity index (χ0n) is 17.0. The topological polar surface area (TPSA) is 91.6 Å². The number of hydrogen-bond donors (Lipinski definition) is 2. The number of amides is 2. The maximum Gasteiger partial charge on any atom is 0.275 e. The number of hydrogen-bond acceptors (Lipinski definition) is 4. The first-order valence-corrected chi connectivity index (χ1v) is 10.4. The molecule has 168 valence electrons. The molecule has 3 heterocycles. The number of benzene rings is 1. The van der Waals surface area contributed by atoms with Crippen molar-refractivity contribution in [3.63, 3.8) is 0 Å². The van der Waals surface area contributed by atoms with E-state index in [4.69, 9.17) is 0 Å². The molecule has 1 aromatic heterocycles. The molecule has 0 radical (unpaired) electrons. The van der Waals surface area contributed by atoms with E-state index in [-0.39, 0.29) is 5.69 Å². The van der Waals surface area contributed by atoms with E-state index in [0.29, 0.717) is 31.1 Å². The van der Waals surface area contributed by atoms with Crippen LogP contribution in [-0.2, 0) is 13.1 Å². The van der Waals surface area contributed by atoms with Gasteiger partial charge < -0.3 is 19.9 Å². The second-order valence-electron chi connectivity index (χ2n) is 8.83. The SMILES string of the molecule is O=C(NCc1c(F)cc(F)cc1F)c1cn2c(c(O)c1=O)C(=O)N1C[C@@H]3CCC[C@]1(C3)C2. The van der Waals surface area contributed by atoms with Crippen molar-refractivity contribution < 1.29 is 27.9 Å². The van der Waals surface area contributed by atoms with E-state index in [0.717, 1.165) is 25.7 Å². The Hall–Kier alpha value is -3.30. The van der Waals surface area contributed by atoms with Gasteiger partial charge in [-0.2, -0.15) is 0 Å². The van der Waals surface area contributed by atoms with Gasteiger partial charge in [0.05, 0.1) is 5.54 Å². The van der Waals surface area contributed by atoms with E-state index in [9.17, 15) is 32.7 Å². The molecule has 2 atom stereocenters. The largest absolute Gasteiger partial charge is 0.503 e. The number of rotatable bonds is 3. The van der Waals surface area contributed by atoms with Crippen LogP contribution in [0, 0.1) is 23.4 Å². The Morgan fingerprint density at radius 2 is 1.94 bits per heavy atom. The second kappa shape index (κ2) is 7.11. The summed E-state index contributed by atoms with van der Waals surface area (Å²) in [5.74, 6) is -5.29. The van der Waals surface area contributed by atoms with E-state index >= 15 is 0 Å². The number of aromatic hydroxyl groups is 1. The van der Waals surface area contributed by atoms with Crippen molar-refractivity contribution in [3.05, 3.63) is 62.8 Å². The molecule has 2 N–H and O–H groups in total. The molecule has 0 unspecified atom stereocenters. The third-order valence-electron chi connectivity index (χ3n) is 6.88. The Kier molecular flexibility index (Phi) is 4.58. The number of halogens is 3. The third-order valence-corrected chi connectivity index (χ3v) is 6.88. The van der Waals surface area contributed by atoms with Gasteiger partial charge in [-0.3, -0.25) is 14.4 Å². The lowest BCUT2D eigenvalue weighted by molar-refractivity contribution is 0.0419. The number of nitrogens with zero attached hydrogens (tertiary/aromatic N) is 2. The average Bonchev–Trinajstić information content (AvgIpc) is 2.99. The molecular weight excluding hydrogens is 427 g/mol. The van der Waals surface area contributed by atoms with Gasteiger partial charge in [-0.05, 0) is 25.2 Å². The first kappa shape index (κ1) is 20.6. The van der Waals surface area contributed by atoms with Crippen molar-refractivity contribution in [3.8, 4) is 5.75 Å². The van der Waals surface area contributed by atoms with Gasteiger partial charge in [0.15, 0.2) is 11.4 Å². The molecule has 32 heavy (non-hydrogen) atoms. The van der Waals surface area contributed by atoms with E-state index in [1.165, 1.54) is 10.8 Å². The molecule has 5 rings (SSSR count). The minimum Gasteiger partial charge on any atom is -0.503 e. The molecule has 1 aromatic carbocycles. The highest BCUT2D eigenvalue weighted by Gasteiger charge is 2.53. The van der Waals surface area contributed by atoms with Gasteiger partial charge in [-0.25, -0.2) is 13.2 Å². The number of carbonyl (C=O) groups is 2. The van der Waals surface area contributed by atoms with Gasteiger partial charge in [0, 0.05) is 43.5 Å². The molecule has 2 aliphatic heterocycles. The fraction of sp³-hybridized carbons (Fsp3) is 0.409. The number of aromatic nitrogens is 1. The first-order valence-electron chi connectivity index (χ1n) is 10.4. The number of pyridine rings is 1. The monoisotopic (exact) mass is 447 g/mol. The maximum absolute atomic E-state index is 13.8. The summed E-state index contributed by atoms with van der Waals surface area (Å²) in [6.45, 7) is 0.306. The Labute approximate surface area is 180 Å². The van der Waals surface area contributed by atoms with Gasteiger partial charge in [0.25, 0.3) is 11.8 Å². The quantitative estimate of drug-likeness (QED) is 0.756. The molecule has 2 aromatic rings. The van der Waals surface area contributed by atoms with Gasteiger partial charge >= 0.3 is 0 Å². The molecule has 1 saturated heterocycles. The number of nitrogens with one attached hydrogen (secondary N) is 1. The van der Waals surface area contributed by atoms with Crippen LogP contribution < -0.4 is 10.7 Å². The molecule has 1 saturated carbocycles. The van der Waals surface area contributed by atoms with Crippen molar-refractivity contribution in [1.82, 2.24) is 14.8 Å². The highest BCUT2D eigenvalue weighted by atomic mass is 19.1. The second-order valence-corrected chi connectivity index (χ2v) is 8.83. The summed E-state index contributed by atoms with van der Waals surface area (Å²) in [7, 11) is 0. The van der Waals surface area contributed by atoms with Crippen LogP contribution in [0.1, 0.15) is 52.1 Å². The van der Waals surface area contributed by atoms with E-state index < -0.39 is 63.7 Å². The molecule has 3 aliphatic rings.